The molecule has 2 unspecified atom stereocenters. The summed E-state index contributed by atoms with van der Waals surface area (Å²) in [5, 5.41) is 0. The van der Waals surface area contributed by atoms with Gasteiger partial charge in [0, 0.05) is 0 Å². The Morgan fingerprint density at radius 3 is 1.62 bits per heavy atom. The average Bonchev–Trinajstić information content (AvgIpc) is 2.94. The van der Waals surface area contributed by atoms with Crippen LogP contribution in [0.1, 0.15) is 6.42 Å². The third-order valence-corrected chi connectivity index (χ3v) is 2.57. The van der Waals surface area contributed by atoms with Crippen LogP contribution < -0.4 is 0 Å². The van der Waals surface area contributed by atoms with Crippen LogP contribution in [0.2, 0.25) is 0 Å². The van der Waals surface area contributed by atoms with Crippen molar-refractivity contribution in [1.82, 2.24) is 0 Å². The molecule has 0 aliphatic carbocycles. The van der Waals surface area contributed by atoms with E-state index in [9.17, 15) is 43.9 Å². The maximum Gasteiger partial charge on any atom is 0.449 e. The quantitative estimate of drug-likeness (QED) is 0.562. The molecule has 0 saturated carbocycles. The lowest BCUT2D eigenvalue weighted by atomic mass is 9.97. The van der Waals surface area contributed by atoms with Gasteiger partial charge in [-0.2, -0.15) is 39.5 Å². The molecule has 2 nitrogen and oxygen atoms in total. The van der Waals surface area contributed by atoms with Gasteiger partial charge in [-0.25, -0.2) is 4.39 Å². The normalized spacial score (nSPS) is 23.3. The summed E-state index contributed by atoms with van der Waals surface area (Å²) in [7, 11) is 0. The smallest absolute Gasteiger partial charge is 0.373 e. The molecule has 2 atom stereocenters. The zero-order valence-corrected chi connectivity index (χ0v) is 9.87. The van der Waals surface area contributed by atoms with Crippen molar-refractivity contribution in [1.29, 1.82) is 0 Å². The van der Waals surface area contributed by atoms with Crippen LogP contribution in [0.15, 0.2) is 0 Å². The first-order chi connectivity index (χ1) is 9.19. The van der Waals surface area contributed by atoms with Crippen LogP contribution in [-0.2, 0) is 9.47 Å². The Balaban J connectivity index is 3.06. The standard InChI is InChI=1S/C9H8F10O2/c10-6(9(17,18)19,21-2-1-4-3-20-4)5(7(11,12)13)8(14,15)16/h4-5H,1-3H2. The summed E-state index contributed by atoms with van der Waals surface area (Å²) >= 11 is 0. The molecule has 0 amide bonds. The zero-order chi connectivity index (χ0) is 16.7. The number of hydrogen-bond acceptors (Lipinski definition) is 2. The SMILES string of the molecule is FC(F)(F)C(C(F)(F)F)C(F)(OCCC1CO1)C(F)(F)F. The summed E-state index contributed by atoms with van der Waals surface area (Å²) in [5.41, 5.74) is 0. The number of halogens is 10. The first-order valence-corrected chi connectivity index (χ1v) is 5.34. The molecule has 0 spiro atoms. The van der Waals surface area contributed by atoms with E-state index in [0.717, 1.165) is 0 Å². The molecule has 1 rings (SSSR count). The number of rotatable bonds is 5. The van der Waals surface area contributed by atoms with E-state index in [2.05, 4.69) is 9.47 Å². The first-order valence-electron chi connectivity index (χ1n) is 5.34. The van der Waals surface area contributed by atoms with Gasteiger partial charge in [-0.3, -0.25) is 0 Å². The fourth-order valence-corrected chi connectivity index (χ4v) is 1.51. The van der Waals surface area contributed by atoms with Crippen LogP contribution in [-0.4, -0.2) is 43.7 Å². The Morgan fingerprint density at radius 1 is 0.905 bits per heavy atom. The lowest BCUT2D eigenvalue weighted by Crippen LogP contribution is -2.60. The summed E-state index contributed by atoms with van der Waals surface area (Å²) in [5.74, 6) is -11.3. The van der Waals surface area contributed by atoms with Crippen molar-refractivity contribution in [2.75, 3.05) is 13.2 Å². The van der Waals surface area contributed by atoms with Crippen LogP contribution in [0.4, 0.5) is 43.9 Å². The Kier molecular flexibility index (Phi) is 4.74. The predicted octanol–water partition coefficient (Wildman–Crippen LogP) is 3.76. The lowest BCUT2D eigenvalue weighted by molar-refractivity contribution is -0.429. The molecule has 0 aromatic carbocycles. The minimum absolute atomic E-state index is 0.0661. The second-order valence-corrected chi connectivity index (χ2v) is 4.25. The highest BCUT2D eigenvalue weighted by molar-refractivity contribution is 4.94. The second-order valence-electron chi connectivity index (χ2n) is 4.25. The largest absolute Gasteiger partial charge is 0.449 e. The number of hydrogen-bond donors (Lipinski definition) is 0. The van der Waals surface area contributed by atoms with Gasteiger partial charge >= 0.3 is 24.4 Å². The molecule has 1 fully saturated rings. The number of epoxide rings is 1. The molecule has 1 aliphatic rings. The van der Waals surface area contributed by atoms with Gasteiger partial charge in [-0.05, 0) is 6.42 Å². The third kappa shape index (κ3) is 4.34. The Hall–Kier alpha value is -0.780. The molecule has 0 bridgehead atoms. The molecule has 1 aliphatic heterocycles. The predicted molar refractivity (Wildman–Crippen MR) is 45.8 cm³/mol. The minimum atomic E-state index is -6.53. The molecule has 126 valence electrons. The molecule has 0 aromatic heterocycles. The highest BCUT2D eigenvalue weighted by Crippen LogP contribution is 2.53. The molecular weight excluding hydrogens is 330 g/mol. The zero-order valence-electron chi connectivity index (χ0n) is 9.87. The summed E-state index contributed by atoms with van der Waals surface area (Å²) in [6.45, 7) is -1.24. The van der Waals surface area contributed by atoms with E-state index in [1.54, 1.807) is 0 Å². The molecule has 1 heterocycles. The van der Waals surface area contributed by atoms with Crippen LogP contribution >= 0.6 is 0 Å². The van der Waals surface area contributed by atoms with Crippen LogP contribution in [0, 0.1) is 5.92 Å². The summed E-state index contributed by atoms with van der Waals surface area (Å²) in [6.07, 6.45) is -20.7. The average molecular weight is 338 g/mol. The van der Waals surface area contributed by atoms with Gasteiger partial charge in [0.2, 0.25) is 5.92 Å². The van der Waals surface area contributed by atoms with Gasteiger partial charge in [0.05, 0.1) is 19.3 Å². The second kappa shape index (κ2) is 5.45. The van der Waals surface area contributed by atoms with Gasteiger partial charge in [0.25, 0.3) is 0 Å². The maximum absolute atomic E-state index is 13.6. The molecule has 12 heteroatoms. The van der Waals surface area contributed by atoms with E-state index in [4.69, 9.17) is 0 Å². The van der Waals surface area contributed by atoms with Gasteiger partial charge in [0.15, 0.2) is 0 Å². The lowest BCUT2D eigenvalue weighted by Gasteiger charge is -2.36. The number of alkyl halides is 10. The fourth-order valence-electron chi connectivity index (χ4n) is 1.51. The van der Waals surface area contributed by atoms with Crippen LogP contribution in [0.25, 0.3) is 0 Å². The number of ether oxygens (including phenoxy) is 2. The van der Waals surface area contributed by atoms with E-state index >= 15 is 0 Å². The van der Waals surface area contributed by atoms with E-state index < -0.39 is 49.4 Å². The van der Waals surface area contributed by atoms with E-state index in [-0.39, 0.29) is 6.61 Å². The summed E-state index contributed by atoms with van der Waals surface area (Å²) in [6, 6.07) is 0. The van der Waals surface area contributed by atoms with Crippen molar-refractivity contribution >= 4 is 0 Å². The van der Waals surface area contributed by atoms with Crippen molar-refractivity contribution in [2.45, 2.75) is 36.9 Å². The van der Waals surface area contributed by atoms with E-state index in [1.807, 2.05) is 0 Å². The molecular formula is C9H8F10O2. The van der Waals surface area contributed by atoms with Gasteiger partial charge in [0.1, 0.15) is 0 Å². The molecule has 0 aromatic rings. The van der Waals surface area contributed by atoms with Gasteiger partial charge < -0.3 is 9.47 Å². The highest BCUT2D eigenvalue weighted by atomic mass is 19.4. The minimum Gasteiger partial charge on any atom is -0.373 e. The third-order valence-electron chi connectivity index (χ3n) is 2.57. The fraction of sp³-hybridized carbons (Fsp3) is 1.00. The van der Waals surface area contributed by atoms with Gasteiger partial charge in [-0.1, -0.05) is 0 Å². The first kappa shape index (κ1) is 18.3. The van der Waals surface area contributed by atoms with E-state index in [0.29, 0.717) is 0 Å². The molecule has 0 radical (unpaired) electrons. The molecule has 0 N–H and O–H groups in total. The molecule has 21 heavy (non-hydrogen) atoms. The highest BCUT2D eigenvalue weighted by Gasteiger charge is 2.77. The Labute approximate surface area is 111 Å². The Bertz CT molecular complexity index is 341. The van der Waals surface area contributed by atoms with Crippen molar-refractivity contribution < 1.29 is 53.4 Å². The van der Waals surface area contributed by atoms with E-state index in [1.165, 1.54) is 0 Å². The van der Waals surface area contributed by atoms with Crippen LogP contribution in [0.3, 0.4) is 0 Å². The molecule has 1 saturated heterocycles. The van der Waals surface area contributed by atoms with Gasteiger partial charge in [-0.15, -0.1) is 0 Å². The van der Waals surface area contributed by atoms with Crippen molar-refractivity contribution in [3.63, 3.8) is 0 Å². The maximum atomic E-state index is 13.6. The Morgan fingerprint density at radius 2 is 1.33 bits per heavy atom. The van der Waals surface area contributed by atoms with Crippen LogP contribution in [0.5, 0.6) is 0 Å². The topological polar surface area (TPSA) is 21.8 Å². The summed E-state index contributed by atoms with van der Waals surface area (Å²) < 4.78 is 132. The van der Waals surface area contributed by atoms with Crippen molar-refractivity contribution in [3.8, 4) is 0 Å². The monoisotopic (exact) mass is 338 g/mol. The van der Waals surface area contributed by atoms with Crippen molar-refractivity contribution in [3.05, 3.63) is 0 Å². The summed E-state index contributed by atoms with van der Waals surface area (Å²) in [4.78, 5) is 0. The van der Waals surface area contributed by atoms with Crippen molar-refractivity contribution in [2.24, 2.45) is 5.92 Å².